The topological polar surface area (TPSA) is 815 Å². The zero-order valence-corrected chi connectivity index (χ0v) is 60.4. The second-order valence-electron chi connectivity index (χ2n) is 28.2. The van der Waals surface area contributed by atoms with Gasteiger partial charge in [-0.1, -0.05) is 0 Å². The van der Waals surface area contributed by atoms with Gasteiger partial charge in [-0.2, -0.15) is 0 Å². The van der Waals surface area contributed by atoms with Crippen molar-refractivity contribution in [1.29, 1.82) is 0 Å². The van der Waals surface area contributed by atoms with Gasteiger partial charge in [-0.05, 0) is 0 Å². The van der Waals surface area contributed by atoms with Crippen molar-refractivity contribution in [2.75, 3.05) is 52.9 Å². The summed E-state index contributed by atoms with van der Waals surface area (Å²) >= 11 is 0. The third-order valence-corrected chi connectivity index (χ3v) is 20.2. The molecule has 0 aromatic heterocycles. The van der Waals surface area contributed by atoms with Gasteiger partial charge in [0.05, 0.1) is 77.1 Å². The molecule has 51 nitrogen and oxygen atoms in total. The molecule has 42 atom stereocenters. The molecule has 30 N–H and O–H groups in total. The zero-order chi connectivity index (χ0) is 84.1. The van der Waals surface area contributed by atoms with Crippen LogP contribution in [0.4, 0.5) is 0 Å². The predicted octanol–water partition coefficient (Wildman–Crippen LogP) is -19.5. The minimum absolute atomic E-state index is 0.833. The van der Waals surface area contributed by atoms with Crippen LogP contribution < -0.4 is 21.3 Å². The van der Waals surface area contributed by atoms with Gasteiger partial charge < -0.3 is 225 Å². The number of carboxylic acids is 2. The van der Waals surface area contributed by atoms with Gasteiger partial charge in [-0.3, -0.25) is 19.2 Å². The summed E-state index contributed by atoms with van der Waals surface area (Å²) in [5.74, 6) is -14.3. The number of carbonyl (C=O) groups excluding carboxylic acids is 4. The Morgan fingerprint density at radius 3 is 1.24 bits per heavy atom. The molecule has 4 amide bonds. The highest BCUT2D eigenvalue weighted by molar-refractivity contribution is 5.78. The summed E-state index contributed by atoms with van der Waals surface area (Å²) < 4.78 is 87.0. The van der Waals surface area contributed by atoms with Crippen LogP contribution in [0.1, 0.15) is 40.5 Å². The third kappa shape index (κ3) is 20.8. The first-order valence-corrected chi connectivity index (χ1v) is 35.4. The Morgan fingerprint density at radius 1 is 0.372 bits per heavy atom. The predicted molar refractivity (Wildman–Crippen MR) is 345 cm³/mol. The number of nitrogens with one attached hydrogen (secondary N) is 4. The van der Waals surface area contributed by atoms with Crippen molar-refractivity contribution in [2.45, 2.75) is 297 Å². The average Bonchev–Trinajstić information content (AvgIpc) is 0.760. The Hall–Kier alpha value is -4.74. The van der Waals surface area contributed by atoms with E-state index in [0.717, 1.165) is 27.7 Å². The Labute approximate surface area is 637 Å². The standard InChI is InChI=1S/C62H102N4O47/c1-15(73)63-29-19(77)5-61(59(95)96,111-49(29)33(81)21(79)7-67)100-14-28-35(83)40(88)43(91)56(106-28)107-46-26(12-72)104-54(31(39(46)87)65-17(3)75)99-13-27-38(86)51(44(92)57(105-27)108-47-25(11-71)101-53(94)42(90)41(47)89)110-55-32(66-18(4)76)48(36(84)23(9-69)102-55)109-58-45(93)52(37(85)24(10-70)103-58)113-62(60(97)98)6-20(78)30(64-16(2)74)50(112-62)34(82)22(80)8-68/h19-58,67-72,77-94H,5-14H2,1-4H3,(H,63,73)(H,64,74)(H,65,75)(H,66,76)(H,95,96)(H,97,98)/t19-,20-,21+,22+,23+,24+,25+,26+,27+,28+,29+,30+,31+,32+,33+,34+,35-,36+,37-,38-,39+,40-,41+,42+,43+,44+,45+,46+,47+,48+,49+,50+,51-,52-,53?,54+,55-,56-,57-,58-,61+,62-/m0/s1. The normalized spacial score (nSPS) is 45.6. The van der Waals surface area contributed by atoms with E-state index in [4.69, 9.17) is 71.1 Å². The second-order valence-corrected chi connectivity index (χ2v) is 28.2. The van der Waals surface area contributed by atoms with Crippen LogP contribution in [0.3, 0.4) is 0 Å². The van der Waals surface area contributed by atoms with Gasteiger partial charge >= 0.3 is 11.9 Å². The summed E-state index contributed by atoms with van der Waals surface area (Å²) in [6, 6.07) is -7.45. The fourth-order valence-electron chi connectivity index (χ4n) is 14.3. The van der Waals surface area contributed by atoms with Gasteiger partial charge in [-0.25, -0.2) is 9.59 Å². The van der Waals surface area contributed by atoms with E-state index in [9.17, 15) is 162 Å². The number of rotatable bonds is 32. The maximum absolute atomic E-state index is 13.3. The lowest BCUT2D eigenvalue weighted by Crippen LogP contribution is -2.71. The van der Waals surface area contributed by atoms with E-state index in [1.807, 2.05) is 0 Å². The van der Waals surface area contributed by atoms with Crippen LogP contribution in [0.25, 0.3) is 0 Å². The molecule has 0 aliphatic carbocycles. The Kier molecular flexibility index (Phi) is 33.1. The summed E-state index contributed by atoms with van der Waals surface area (Å²) in [5, 5.41) is 295. The van der Waals surface area contributed by atoms with Crippen LogP contribution in [-0.2, 0) is 99.8 Å². The number of ether oxygens (including phenoxy) is 15. The quantitative estimate of drug-likeness (QED) is 0.0297. The molecule has 113 heavy (non-hydrogen) atoms. The molecule has 8 aliphatic heterocycles. The molecule has 0 saturated carbocycles. The molecule has 0 bridgehead atoms. The highest BCUT2D eigenvalue weighted by Gasteiger charge is 2.63. The van der Waals surface area contributed by atoms with Gasteiger partial charge in [0.1, 0.15) is 183 Å². The van der Waals surface area contributed by atoms with Crippen LogP contribution in [0, 0.1) is 0 Å². The van der Waals surface area contributed by atoms with E-state index in [2.05, 4.69) is 21.3 Å². The van der Waals surface area contributed by atoms with Gasteiger partial charge in [0.15, 0.2) is 37.7 Å². The first-order chi connectivity index (χ1) is 53.1. The Balaban J connectivity index is 1.06. The smallest absolute Gasteiger partial charge is 0.364 e. The molecular weight excluding hydrogens is 1550 g/mol. The first-order valence-electron chi connectivity index (χ1n) is 35.4. The molecule has 0 aromatic carbocycles. The monoisotopic (exact) mass is 1650 g/mol. The second kappa shape index (κ2) is 39.9. The number of aliphatic carboxylic acids is 2. The number of amides is 4. The number of hydrogen-bond acceptors (Lipinski definition) is 45. The largest absolute Gasteiger partial charge is 0.477 e. The SMILES string of the molecule is CC(=O)N[C@H]1[C@H](OC[C@H]2O[C@@H](O[C@H]3[C@H](O)[C@@H](O)C(O)O[C@@H]3CO)[C@H](O)[C@@H](O[C@@H]3O[C@H](CO)[C@@H](O)[C@H](O[C@@H]4O[C@H](CO)[C@H](O)[C@H](O[C@]5(C(=O)O)C[C@H](O)[C@@H](NC(C)=O)[C@H]([C@H](O)[C@H](O)CO)O5)[C@H]4O)[C@H]3NC(C)=O)[C@H]2O)O[C@H](CO)[C@@H](O[C@@H]2O[C@H](CO[C@]3(C(=O)O)C[C@H](O)[C@@H](NC(C)=O)[C@H]([C@H](O)[C@H](O)CO)O3)[C@H](O)[C@H](O)[C@H]2O)[C@@H]1O. The van der Waals surface area contributed by atoms with Crippen LogP contribution >= 0.6 is 0 Å². The van der Waals surface area contributed by atoms with Gasteiger partial charge in [0.25, 0.3) is 11.6 Å². The van der Waals surface area contributed by atoms with Crippen molar-refractivity contribution in [3.8, 4) is 0 Å². The van der Waals surface area contributed by atoms with Crippen LogP contribution in [0.2, 0.25) is 0 Å². The molecule has 51 heteroatoms. The highest BCUT2D eigenvalue weighted by atomic mass is 16.8. The fraction of sp³-hybridized carbons (Fsp3) is 0.903. The molecule has 652 valence electrons. The van der Waals surface area contributed by atoms with Crippen molar-refractivity contribution in [1.82, 2.24) is 21.3 Å². The van der Waals surface area contributed by atoms with E-state index < -0.39 is 358 Å². The molecule has 0 radical (unpaired) electrons. The van der Waals surface area contributed by atoms with Gasteiger partial charge in [-0.15, -0.1) is 0 Å². The molecular formula is C62H102N4O47. The number of aliphatic hydroxyl groups excluding tert-OH is 24. The van der Waals surface area contributed by atoms with E-state index in [0.29, 0.717) is 0 Å². The number of carboxylic acid groups (broad SMARTS) is 2. The average molecular weight is 1660 g/mol. The van der Waals surface area contributed by atoms with Crippen molar-refractivity contribution in [3.63, 3.8) is 0 Å². The number of carbonyl (C=O) groups is 6. The summed E-state index contributed by atoms with van der Waals surface area (Å²) in [6.07, 6.45) is -81.7. The molecule has 8 heterocycles. The minimum Gasteiger partial charge on any atom is -0.477 e. The van der Waals surface area contributed by atoms with Crippen LogP contribution in [-0.4, -0.2) is 478 Å². The van der Waals surface area contributed by atoms with Crippen LogP contribution in [0.5, 0.6) is 0 Å². The summed E-state index contributed by atoms with van der Waals surface area (Å²) in [4.78, 5) is 76.7. The summed E-state index contributed by atoms with van der Waals surface area (Å²) in [5.41, 5.74) is 0. The number of hydrogen-bond donors (Lipinski definition) is 30. The maximum atomic E-state index is 13.3. The molecule has 8 saturated heterocycles. The number of aliphatic hydroxyl groups is 24. The molecule has 8 aliphatic rings. The van der Waals surface area contributed by atoms with Crippen molar-refractivity contribution >= 4 is 35.6 Å². The minimum atomic E-state index is -3.32. The molecule has 8 rings (SSSR count). The first kappa shape index (κ1) is 93.8. The van der Waals surface area contributed by atoms with Crippen molar-refractivity contribution in [2.24, 2.45) is 0 Å². The van der Waals surface area contributed by atoms with Crippen LogP contribution in [0.15, 0.2) is 0 Å². The van der Waals surface area contributed by atoms with Gasteiger partial charge in [0.2, 0.25) is 23.6 Å². The Bertz CT molecular complexity index is 3110. The zero-order valence-electron chi connectivity index (χ0n) is 60.4. The molecule has 1 unspecified atom stereocenters. The molecule has 8 fully saturated rings. The van der Waals surface area contributed by atoms with E-state index in [1.54, 1.807) is 0 Å². The Morgan fingerprint density at radius 2 is 0.752 bits per heavy atom. The van der Waals surface area contributed by atoms with E-state index in [1.165, 1.54) is 0 Å². The maximum Gasteiger partial charge on any atom is 0.364 e. The summed E-state index contributed by atoms with van der Waals surface area (Å²) in [6.45, 7) is -5.79. The highest BCUT2D eigenvalue weighted by Crippen LogP contribution is 2.42. The lowest BCUT2D eigenvalue weighted by atomic mass is 9.88. The lowest BCUT2D eigenvalue weighted by molar-refractivity contribution is -0.390. The molecule has 0 aromatic rings. The van der Waals surface area contributed by atoms with Gasteiger partial charge in [0, 0.05) is 40.5 Å². The third-order valence-electron chi connectivity index (χ3n) is 20.2. The van der Waals surface area contributed by atoms with Crippen molar-refractivity contribution in [3.05, 3.63) is 0 Å². The lowest BCUT2D eigenvalue weighted by Gasteiger charge is -2.51. The molecule has 0 spiro atoms. The summed E-state index contributed by atoms with van der Waals surface area (Å²) in [7, 11) is 0. The fourth-order valence-corrected chi connectivity index (χ4v) is 14.3. The van der Waals surface area contributed by atoms with Crippen molar-refractivity contribution < 1.29 is 233 Å². The van der Waals surface area contributed by atoms with E-state index >= 15 is 0 Å². The van der Waals surface area contributed by atoms with E-state index in [-0.39, 0.29) is 0 Å².